The summed E-state index contributed by atoms with van der Waals surface area (Å²) < 4.78 is 4.84. The van der Waals surface area contributed by atoms with Crippen molar-refractivity contribution in [1.29, 1.82) is 10.7 Å². The van der Waals surface area contributed by atoms with Gasteiger partial charge in [0.25, 0.3) is 5.09 Å². The zero-order chi connectivity index (χ0) is 17.5. The number of ether oxygens (including phenoxy) is 1. The van der Waals surface area contributed by atoms with E-state index in [0.29, 0.717) is 17.9 Å². The highest BCUT2D eigenvalue weighted by Gasteiger charge is 2.06. The van der Waals surface area contributed by atoms with Gasteiger partial charge in [-0.25, -0.2) is 4.79 Å². The molecule has 0 fully saturated rings. The molecule has 22 heavy (non-hydrogen) atoms. The molecule has 0 bridgehead atoms. The normalized spacial score (nSPS) is 7.82. The van der Waals surface area contributed by atoms with Crippen molar-refractivity contribution in [3.63, 3.8) is 0 Å². The molecule has 0 unspecified atom stereocenters. The van der Waals surface area contributed by atoms with Gasteiger partial charge in [-0.1, -0.05) is 6.07 Å². The first-order chi connectivity index (χ1) is 10.3. The summed E-state index contributed by atoms with van der Waals surface area (Å²) in [6, 6.07) is 6.63. The number of nitrogens with zero attached hydrogens (tertiary/aromatic N) is 2. The molecule has 0 aliphatic rings. The average molecular weight is 312 g/mol. The van der Waals surface area contributed by atoms with Crippen molar-refractivity contribution in [2.75, 3.05) is 11.9 Å². The Hall–Kier alpha value is -3.55. The second kappa shape index (κ2) is 12.5. The molecule has 0 saturated carbocycles. The Labute approximate surface area is 125 Å². The number of nitrogens with one attached hydrogen (secondary N) is 2. The van der Waals surface area contributed by atoms with Crippen molar-refractivity contribution in [3.8, 4) is 6.19 Å². The minimum Gasteiger partial charge on any atom is -0.462 e. The number of nitrogens with two attached hydrogens (primary N) is 2. The second-order valence-corrected chi connectivity index (χ2v) is 3.21. The van der Waals surface area contributed by atoms with Gasteiger partial charge in [-0.05, 0) is 25.1 Å². The van der Waals surface area contributed by atoms with Crippen LogP contribution in [0.15, 0.2) is 24.3 Å². The molecule has 120 valence electrons. The molecule has 0 aliphatic carbocycles. The van der Waals surface area contributed by atoms with Gasteiger partial charge in [0.05, 0.1) is 12.2 Å². The summed E-state index contributed by atoms with van der Waals surface area (Å²) in [5.74, 6) is -0.555. The predicted molar refractivity (Wildman–Crippen MR) is 76.5 cm³/mol. The zero-order valence-corrected chi connectivity index (χ0v) is 11.6. The fourth-order valence-electron chi connectivity index (χ4n) is 1.09. The molecular formula is C11H16N6O5. The molecule has 0 atom stereocenters. The van der Waals surface area contributed by atoms with Crippen LogP contribution in [0.4, 0.5) is 5.69 Å². The molecule has 1 aromatic rings. The zero-order valence-electron chi connectivity index (χ0n) is 11.6. The molecule has 11 nitrogen and oxygen atoms in total. The van der Waals surface area contributed by atoms with Gasteiger partial charge in [-0.15, -0.1) is 10.1 Å². The van der Waals surface area contributed by atoms with Crippen molar-refractivity contribution in [1.82, 2.24) is 0 Å². The average Bonchev–Trinajstić information content (AvgIpc) is 2.38. The first-order valence-electron chi connectivity index (χ1n) is 5.59. The maximum Gasteiger partial charge on any atom is 0.338 e. The van der Waals surface area contributed by atoms with Crippen LogP contribution >= 0.6 is 0 Å². The van der Waals surface area contributed by atoms with Crippen molar-refractivity contribution < 1.29 is 19.8 Å². The molecule has 1 rings (SSSR count). The number of benzene rings is 1. The monoisotopic (exact) mass is 312 g/mol. The quantitative estimate of drug-likeness (QED) is 0.0985. The van der Waals surface area contributed by atoms with Gasteiger partial charge < -0.3 is 26.7 Å². The van der Waals surface area contributed by atoms with E-state index in [2.05, 4.69) is 11.1 Å². The van der Waals surface area contributed by atoms with Gasteiger partial charge in [-0.3, -0.25) is 5.41 Å². The Morgan fingerprint density at radius 3 is 2.55 bits per heavy atom. The van der Waals surface area contributed by atoms with Gasteiger partial charge in [-0.2, -0.15) is 5.26 Å². The summed E-state index contributed by atoms with van der Waals surface area (Å²) in [4.78, 5) is 19.7. The topological polar surface area (TPSA) is 201 Å². The number of anilines is 1. The molecule has 0 aliphatic heterocycles. The molecule has 1 aromatic carbocycles. The number of guanidine groups is 1. The van der Waals surface area contributed by atoms with Crippen LogP contribution in [0, 0.1) is 27.0 Å². The third-order valence-corrected chi connectivity index (χ3v) is 1.65. The summed E-state index contributed by atoms with van der Waals surface area (Å²) in [6.45, 7) is 2.08. The van der Waals surface area contributed by atoms with Gasteiger partial charge in [0, 0.05) is 5.69 Å². The largest absolute Gasteiger partial charge is 0.462 e. The fourth-order valence-corrected chi connectivity index (χ4v) is 1.09. The number of hydrogen-bond acceptors (Lipinski definition) is 7. The fraction of sp³-hybridized carbons (Fsp3) is 0.182. The van der Waals surface area contributed by atoms with Crippen LogP contribution in [0.3, 0.4) is 0 Å². The number of carbonyl (C=O) groups excluding carboxylic acids is 1. The Bertz CT molecular complexity index is 538. The summed E-state index contributed by atoms with van der Waals surface area (Å²) in [7, 11) is 0. The highest BCUT2D eigenvalue weighted by molar-refractivity contribution is 5.94. The van der Waals surface area contributed by atoms with E-state index in [1.807, 2.05) is 0 Å². The maximum atomic E-state index is 11.3. The maximum absolute atomic E-state index is 11.3. The standard InChI is InChI=1S/C10H13N3O2.CH2N2.HNO3/c1-2-15-9(14)7-4-3-5-8(6-7)13-10(11)12;2-1-3;2-1(3)4/h3-6H,2H2,1H3,(H4,11,12,13);2H2;(H,2,3,4). The molecule has 0 aromatic heterocycles. The molecule has 0 heterocycles. The first kappa shape index (κ1) is 20.8. The second-order valence-electron chi connectivity index (χ2n) is 3.21. The molecule has 11 heteroatoms. The van der Waals surface area contributed by atoms with E-state index < -0.39 is 5.09 Å². The molecule has 7 N–H and O–H groups in total. The number of esters is 1. The number of nitriles is 1. The highest BCUT2D eigenvalue weighted by Crippen LogP contribution is 2.11. The van der Waals surface area contributed by atoms with E-state index in [4.69, 9.17) is 36.5 Å². The lowest BCUT2D eigenvalue weighted by molar-refractivity contribution is -0.742. The van der Waals surface area contributed by atoms with E-state index in [1.165, 1.54) is 6.19 Å². The Morgan fingerprint density at radius 1 is 1.64 bits per heavy atom. The van der Waals surface area contributed by atoms with Crippen LogP contribution in [-0.4, -0.2) is 28.8 Å². The van der Waals surface area contributed by atoms with Crippen LogP contribution < -0.4 is 16.8 Å². The molecular weight excluding hydrogens is 296 g/mol. The number of rotatable bonds is 3. The molecule has 0 amide bonds. The predicted octanol–water partition coefficient (Wildman–Crippen LogP) is 0.247. The van der Waals surface area contributed by atoms with Crippen molar-refractivity contribution >= 4 is 17.6 Å². The van der Waals surface area contributed by atoms with E-state index in [-0.39, 0.29) is 11.9 Å². The van der Waals surface area contributed by atoms with E-state index in [1.54, 1.807) is 31.2 Å². The van der Waals surface area contributed by atoms with E-state index >= 15 is 0 Å². The lowest BCUT2D eigenvalue weighted by atomic mass is 10.2. The summed E-state index contributed by atoms with van der Waals surface area (Å²) in [5.41, 5.74) is 10.3. The smallest absolute Gasteiger partial charge is 0.338 e. The minimum atomic E-state index is -1.50. The third-order valence-electron chi connectivity index (χ3n) is 1.65. The van der Waals surface area contributed by atoms with Crippen LogP contribution in [0.5, 0.6) is 0 Å². The van der Waals surface area contributed by atoms with Crippen molar-refractivity contribution in [3.05, 3.63) is 39.9 Å². The lowest BCUT2D eigenvalue weighted by Crippen LogP contribution is -2.20. The van der Waals surface area contributed by atoms with Crippen LogP contribution in [-0.2, 0) is 4.74 Å². The molecule has 0 radical (unpaired) electrons. The first-order valence-corrected chi connectivity index (χ1v) is 5.59. The Kier molecular flexibility index (Phi) is 11.8. The van der Waals surface area contributed by atoms with Crippen molar-refractivity contribution in [2.24, 2.45) is 11.5 Å². The highest BCUT2D eigenvalue weighted by atomic mass is 16.9. The van der Waals surface area contributed by atoms with Crippen LogP contribution in [0.1, 0.15) is 17.3 Å². The lowest BCUT2D eigenvalue weighted by Gasteiger charge is -2.05. The summed E-state index contributed by atoms with van der Waals surface area (Å²) in [5, 5.41) is 30.4. The van der Waals surface area contributed by atoms with Crippen molar-refractivity contribution in [2.45, 2.75) is 6.92 Å². The van der Waals surface area contributed by atoms with Gasteiger partial charge in [0.1, 0.15) is 0 Å². The van der Waals surface area contributed by atoms with E-state index in [0.717, 1.165) is 0 Å². The minimum absolute atomic E-state index is 0.170. The van der Waals surface area contributed by atoms with E-state index in [9.17, 15) is 4.79 Å². The Balaban J connectivity index is 0. The molecule has 0 spiro atoms. The number of carbonyl (C=O) groups is 1. The summed E-state index contributed by atoms with van der Waals surface area (Å²) in [6.07, 6.45) is 1.25. The molecule has 0 saturated heterocycles. The number of hydrogen-bond donors (Lipinski definition) is 5. The van der Waals surface area contributed by atoms with Gasteiger partial charge in [0.2, 0.25) is 0 Å². The van der Waals surface area contributed by atoms with Crippen LogP contribution in [0.25, 0.3) is 0 Å². The van der Waals surface area contributed by atoms with Gasteiger partial charge in [0.15, 0.2) is 12.2 Å². The Morgan fingerprint density at radius 2 is 2.14 bits per heavy atom. The SMILES string of the molecule is CCOC(=O)c1cccc(NC(=N)N)c1.N#CN.O=[N+]([O-])O. The summed E-state index contributed by atoms with van der Waals surface area (Å²) >= 11 is 0. The van der Waals surface area contributed by atoms with Crippen LogP contribution in [0.2, 0.25) is 0 Å². The van der Waals surface area contributed by atoms with Gasteiger partial charge >= 0.3 is 5.97 Å². The third kappa shape index (κ3) is 12.9.